The molecule has 8 heteroatoms. The number of amides is 2. The molecule has 1 saturated heterocycles. The summed E-state index contributed by atoms with van der Waals surface area (Å²) in [5.41, 5.74) is 0. The number of carbonyl (C=O) groups excluding carboxylic acids is 1. The van der Waals surface area contributed by atoms with Gasteiger partial charge in [0, 0.05) is 29.5 Å². The first-order chi connectivity index (χ1) is 10.2. The standard InChI is InChI=1S/C13H16N4O2S2/c18-12(10-2-1-7-20-10)9-3-5-17(6-4-9)13(19)15-11-8-14-16-21-11/h1-2,7-9,12,18H,3-6H2,(H,15,19)/t12-/m1/s1. The van der Waals surface area contributed by atoms with Gasteiger partial charge in [0.15, 0.2) is 0 Å². The minimum atomic E-state index is -0.416. The van der Waals surface area contributed by atoms with E-state index in [9.17, 15) is 9.90 Å². The van der Waals surface area contributed by atoms with E-state index in [-0.39, 0.29) is 11.9 Å². The number of thiophene rings is 1. The second-order valence-electron chi connectivity index (χ2n) is 5.00. The van der Waals surface area contributed by atoms with Gasteiger partial charge in [-0.1, -0.05) is 10.6 Å². The van der Waals surface area contributed by atoms with Gasteiger partial charge in [-0.15, -0.1) is 16.4 Å². The number of aliphatic hydroxyl groups is 1. The molecule has 0 unspecified atom stereocenters. The number of rotatable bonds is 3. The van der Waals surface area contributed by atoms with E-state index in [1.54, 1.807) is 16.2 Å². The summed E-state index contributed by atoms with van der Waals surface area (Å²) in [6.45, 7) is 1.32. The molecule has 3 rings (SSSR count). The van der Waals surface area contributed by atoms with Crippen molar-refractivity contribution in [2.45, 2.75) is 18.9 Å². The van der Waals surface area contributed by atoms with Gasteiger partial charge in [-0.05, 0) is 30.2 Å². The number of nitrogens with zero attached hydrogens (tertiary/aromatic N) is 3. The molecule has 0 radical (unpaired) electrons. The number of urea groups is 1. The summed E-state index contributed by atoms with van der Waals surface area (Å²) in [7, 11) is 0. The average molecular weight is 324 g/mol. The van der Waals surface area contributed by atoms with Gasteiger partial charge in [0.05, 0.1) is 12.3 Å². The lowest BCUT2D eigenvalue weighted by atomic mass is 9.90. The second kappa shape index (κ2) is 6.50. The SMILES string of the molecule is O=C(Nc1cnns1)N1CCC([C@@H](O)c2cccs2)CC1. The summed E-state index contributed by atoms with van der Waals surface area (Å²) >= 11 is 2.74. The van der Waals surface area contributed by atoms with Crippen molar-refractivity contribution in [2.24, 2.45) is 5.92 Å². The first kappa shape index (κ1) is 14.4. The number of likely N-dealkylation sites (tertiary alicyclic amines) is 1. The Morgan fingerprint density at radius 3 is 2.90 bits per heavy atom. The van der Waals surface area contributed by atoms with E-state index < -0.39 is 6.10 Å². The number of nitrogens with one attached hydrogen (secondary N) is 1. The number of hydrogen-bond donors (Lipinski definition) is 2. The molecule has 2 N–H and O–H groups in total. The van der Waals surface area contributed by atoms with E-state index in [4.69, 9.17) is 0 Å². The fourth-order valence-corrected chi connectivity index (χ4v) is 3.73. The van der Waals surface area contributed by atoms with Crippen molar-refractivity contribution >= 4 is 33.9 Å². The molecule has 1 atom stereocenters. The zero-order valence-electron chi connectivity index (χ0n) is 11.3. The van der Waals surface area contributed by atoms with Crippen molar-refractivity contribution < 1.29 is 9.90 Å². The van der Waals surface area contributed by atoms with Crippen LogP contribution in [-0.2, 0) is 0 Å². The molecular weight excluding hydrogens is 308 g/mol. The first-order valence-electron chi connectivity index (χ1n) is 6.79. The van der Waals surface area contributed by atoms with Crippen LogP contribution in [0.4, 0.5) is 9.80 Å². The largest absolute Gasteiger partial charge is 0.387 e. The molecule has 2 amide bonds. The van der Waals surface area contributed by atoms with Gasteiger partial charge >= 0.3 is 6.03 Å². The van der Waals surface area contributed by atoms with E-state index in [2.05, 4.69) is 14.9 Å². The van der Waals surface area contributed by atoms with Crippen LogP contribution in [-0.4, -0.2) is 38.7 Å². The van der Waals surface area contributed by atoms with Crippen molar-refractivity contribution in [3.8, 4) is 0 Å². The van der Waals surface area contributed by atoms with Crippen LogP contribution in [0.2, 0.25) is 0 Å². The van der Waals surface area contributed by atoms with Crippen molar-refractivity contribution in [1.82, 2.24) is 14.5 Å². The molecule has 2 aromatic rings. The second-order valence-corrected chi connectivity index (χ2v) is 6.76. The fraction of sp³-hybridized carbons (Fsp3) is 0.462. The van der Waals surface area contributed by atoms with Crippen LogP contribution >= 0.6 is 22.9 Å². The average Bonchev–Trinajstić information content (AvgIpc) is 3.20. The summed E-state index contributed by atoms with van der Waals surface area (Å²) in [5.74, 6) is 0.220. The maximum atomic E-state index is 12.1. The minimum Gasteiger partial charge on any atom is -0.387 e. The molecule has 0 spiro atoms. The third-order valence-electron chi connectivity index (χ3n) is 3.70. The number of anilines is 1. The van der Waals surface area contributed by atoms with Crippen LogP contribution in [0, 0.1) is 5.92 Å². The van der Waals surface area contributed by atoms with E-state index >= 15 is 0 Å². The van der Waals surface area contributed by atoms with E-state index in [0.717, 1.165) is 29.3 Å². The van der Waals surface area contributed by atoms with Gasteiger partial charge in [0.1, 0.15) is 5.00 Å². The molecule has 1 aliphatic heterocycles. The number of aliphatic hydroxyl groups excluding tert-OH is 1. The highest BCUT2D eigenvalue weighted by molar-refractivity contribution is 7.10. The Bertz CT molecular complexity index is 565. The van der Waals surface area contributed by atoms with Crippen LogP contribution in [0.5, 0.6) is 0 Å². The third-order valence-corrected chi connectivity index (χ3v) is 5.22. The smallest absolute Gasteiger partial charge is 0.322 e. The lowest BCUT2D eigenvalue weighted by Gasteiger charge is -2.33. The molecule has 0 saturated carbocycles. The lowest BCUT2D eigenvalue weighted by molar-refractivity contribution is 0.0708. The van der Waals surface area contributed by atoms with Gasteiger partial charge in [-0.25, -0.2) is 4.79 Å². The topological polar surface area (TPSA) is 78.4 Å². The highest BCUT2D eigenvalue weighted by Gasteiger charge is 2.28. The van der Waals surface area contributed by atoms with Crippen LogP contribution in [0.25, 0.3) is 0 Å². The predicted molar refractivity (Wildman–Crippen MR) is 82.5 cm³/mol. The van der Waals surface area contributed by atoms with Crippen molar-refractivity contribution in [3.05, 3.63) is 28.6 Å². The highest BCUT2D eigenvalue weighted by Crippen LogP contribution is 2.33. The quantitative estimate of drug-likeness (QED) is 0.909. The Morgan fingerprint density at radius 2 is 2.29 bits per heavy atom. The molecule has 0 aliphatic carbocycles. The monoisotopic (exact) mass is 324 g/mol. The van der Waals surface area contributed by atoms with Gasteiger partial charge in [-0.2, -0.15) is 0 Å². The van der Waals surface area contributed by atoms with E-state index in [0.29, 0.717) is 18.1 Å². The normalized spacial score (nSPS) is 17.7. The van der Waals surface area contributed by atoms with Crippen molar-refractivity contribution in [1.29, 1.82) is 0 Å². The molecule has 112 valence electrons. The zero-order chi connectivity index (χ0) is 14.7. The lowest BCUT2D eigenvalue weighted by Crippen LogP contribution is -2.41. The van der Waals surface area contributed by atoms with Crippen LogP contribution in [0.15, 0.2) is 23.7 Å². The summed E-state index contributed by atoms with van der Waals surface area (Å²) < 4.78 is 3.71. The molecule has 21 heavy (non-hydrogen) atoms. The van der Waals surface area contributed by atoms with Crippen molar-refractivity contribution in [3.63, 3.8) is 0 Å². The number of aromatic nitrogens is 2. The molecule has 0 bridgehead atoms. The molecule has 2 aromatic heterocycles. The maximum absolute atomic E-state index is 12.1. The van der Waals surface area contributed by atoms with Gasteiger partial charge < -0.3 is 10.0 Å². The number of piperidine rings is 1. The highest BCUT2D eigenvalue weighted by atomic mass is 32.1. The number of carbonyl (C=O) groups is 1. The molecular formula is C13H16N4O2S2. The Hall–Kier alpha value is -1.51. The van der Waals surface area contributed by atoms with Crippen LogP contribution in [0.3, 0.4) is 0 Å². The third kappa shape index (κ3) is 3.39. The van der Waals surface area contributed by atoms with Crippen LogP contribution in [0.1, 0.15) is 23.8 Å². The number of hydrogen-bond acceptors (Lipinski definition) is 6. The summed E-state index contributed by atoms with van der Waals surface area (Å²) in [5, 5.41) is 19.4. The Balaban J connectivity index is 1.52. The van der Waals surface area contributed by atoms with Crippen LogP contribution < -0.4 is 5.32 Å². The molecule has 3 heterocycles. The van der Waals surface area contributed by atoms with Gasteiger partial charge in [0.2, 0.25) is 0 Å². The van der Waals surface area contributed by atoms with Crippen molar-refractivity contribution in [2.75, 3.05) is 18.4 Å². The molecule has 0 aromatic carbocycles. The maximum Gasteiger partial charge on any atom is 0.322 e. The Labute approximate surface area is 130 Å². The van der Waals surface area contributed by atoms with E-state index in [1.807, 2.05) is 17.5 Å². The Morgan fingerprint density at radius 1 is 1.48 bits per heavy atom. The van der Waals surface area contributed by atoms with Gasteiger partial charge in [-0.3, -0.25) is 5.32 Å². The molecule has 1 fully saturated rings. The summed E-state index contributed by atoms with van der Waals surface area (Å²) in [6.07, 6.45) is 2.75. The Kier molecular flexibility index (Phi) is 4.47. The predicted octanol–water partition coefficient (Wildman–Crippen LogP) is 2.58. The van der Waals surface area contributed by atoms with Gasteiger partial charge in [0.25, 0.3) is 0 Å². The summed E-state index contributed by atoms with van der Waals surface area (Å²) in [6, 6.07) is 3.80. The van der Waals surface area contributed by atoms with E-state index in [1.165, 1.54) is 6.20 Å². The molecule has 6 nitrogen and oxygen atoms in total. The zero-order valence-corrected chi connectivity index (χ0v) is 12.9. The minimum absolute atomic E-state index is 0.120. The summed E-state index contributed by atoms with van der Waals surface area (Å²) in [4.78, 5) is 14.9. The first-order valence-corrected chi connectivity index (χ1v) is 8.44. The fourth-order valence-electron chi connectivity index (χ4n) is 2.52. The molecule has 1 aliphatic rings.